The van der Waals surface area contributed by atoms with Crippen LogP contribution in [0.4, 0.5) is 9.59 Å². The second-order valence-corrected chi connectivity index (χ2v) is 10.6. The molecule has 10 nitrogen and oxygen atoms in total. The number of aldehydes is 1. The van der Waals surface area contributed by atoms with Crippen molar-refractivity contribution in [1.82, 2.24) is 21.3 Å². The lowest BCUT2D eigenvalue weighted by Crippen LogP contribution is -2.61. The Balaban J connectivity index is 2.48. The van der Waals surface area contributed by atoms with Crippen molar-refractivity contribution in [3.63, 3.8) is 0 Å². The molecule has 218 valence electrons. The van der Waals surface area contributed by atoms with Gasteiger partial charge in [-0.1, -0.05) is 81.4 Å². The molecule has 10 heteroatoms. The van der Waals surface area contributed by atoms with Crippen LogP contribution in [0.15, 0.2) is 60.7 Å². The van der Waals surface area contributed by atoms with E-state index in [1.54, 1.807) is 6.92 Å². The molecule has 0 aliphatic carbocycles. The monoisotopic (exact) mass is 554 g/mol. The van der Waals surface area contributed by atoms with Crippen LogP contribution in [0.2, 0.25) is 0 Å². The van der Waals surface area contributed by atoms with Gasteiger partial charge in [0.2, 0.25) is 5.91 Å². The van der Waals surface area contributed by atoms with Gasteiger partial charge in [0.25, 0.3) is 0 Å². The number of hydrogen-bond donors (Lipinski definition) is 6. The number of amides is 3. The van der Waals surface area contributed by atoms with Gasteiger partial charge >= 0.3 is 12.2 Å². The van der Waals surface area contributed by atoms with Crippen LogP contribution in [0.1, 0.15) is 44.7 Å². The fraction of sp³-hybridized carbons (Fsp3) is 0.467. The van der Waals surface area contributed by atoms with Crippen LogP contribution < -0.4 is 21.3 Å². The number of carbonyl (C=O) groups excluding carboxylic acids is 2. The Hall–Kier alpha value is -3.76. The molecule has 0 saturated heterocycles. The molecule has 0 bridgehead atoms. The van der Waals surface area contributed by atoms with Gasteiger partial charge in [0.1, 0.15) is 6.29 Å². The van der Waals surface area contributed by atoms with Gasteiger partial charge in [0, 0.05) is 12.1 Å². The number of rotatable bonds is 17. The Kier molecular flexibility index (Phi) is 13.3. The molecule has 0 aliphatic heterocycles. The summed E-state index contributed by atoms with van der Waals surface area (Å²) in [4.78, 5) is 47.3. The van der Waals surface area contributed by atoms with Crippen LogP contribution in [-0.2, 0) is 22.4 Å². The fourth-order valence-electron chi connectivity index (χ4n) is 4.87. The highest BCUT2D eigenvalue weighted by Crippen LogP contribution is 2.27. The summed E-state index contributed by atoms with van der Waals surface area (Å²) in [7, 11) is 0. The predicted molar refractivity (Wildman–Crippen MR) is 153 cm³/mol. The average molecular weight is 555 g/mol. The largest absolute Gasteiger partial charge is 0.465 e. The number of benzene rings is 2. The van der Waals surface area contributed by atoms with Crippen LogP contribution >= 0.6 is 0 Å². The SMILES string of the molecule is CC(CNC(=O)O)[C@H](NC(CCCN[C@H](C=O)C(C)C)(Cc1ccccc1)Cc1ccccc1)C(=O)NC(=O)O. The van der Waals surface area contributed by atoms with Crippen LogP contribution in [0.5, 0.6) is 0 Å². The van der Waals surface area contributed by atoms with E-state index >= 15 is 0 Å². The van der Waals surface area contributed by atoms with E-state index in [4.69, 9.17) is 5.11 Å². The molecule has 2 rings (SSSR count). The Morgan fingerprint density at radius 1 is 0.875 bits per heavy atom. The average Bonchev–Trinajstić information content (AvgIpc) is 2.91. The second-order valence-electron chi connectivity index (χ2n) is 10.6. The Morgan fingerprint density at radius 2 is 1.43 bits per heavy atom. The zero-order valence-corrected chi connectivity index (χ0v) is 23.4. The van der Waals surface area contributed by atoms with E-state index in [9.17, 15) is 24.3 Å². The normalized spacial score (nSPS) is 13.7. The molecule has 0 fully saturated rings. The molecule has 40 heavy (non-hydrogen) atoms. The molecule has 2 aromatic carbocycles. The van der Waals surface area contributed by atoms with Crippen molar-refractivity contribution in [3.8, 4) is 0 Å². The minimum Gasteiger partial charge on any atom is -0.465 e. The summed E-state index contributed by atoms with van der Waals surface area (Å²) in [6, 6.07) is 18.3. The second kappa shape index (κ2) is 16.4. The number of nitrogens with one attached hydrogen (secondary N) is 4. The Morgan fingerprint density at radius 3 is 1.88 bits per heavy atom. The molecule has 0 heterocycles. The number of hydrogen-bond acceptors (Lipinski definition) is 6. The van der Waals surface area contributed by atoms with E-state index in [0.717, 1.165) is 17.4 Å². The zero-order valence-electron chi connectivity index (χ0n) is 23.4. The first-order valence-electron chi connectivity index (χ1n) is 13.6. The van der Waals surface area contributed by atoms with Crippen molar-refractivity contribution in [2.45, 2.75) is 64.1 Å². The maximum absolute atomic E-state index is 13.2. The van der Waals surface area contributed by atoms with Gasteiger partial charge in [-0.3, -0.25) is 15.4 Å². The van der Waals surface area contributed by atoms with Crippen molar-refractivity contribution in [1.29, 1.82) is 0 Å². The molecule has 3 atom stereocenters. The maximum atomic E-state index is 13.2. The molecule has 2 aromatic rings. The lowest BCUT2D eigenvalue weighted by atomic mass is 9.79. The highest BCUT2D eigenvalue weighted by atomic mass is 16.4. The highest BCUT2D eigenvalue weighted by Gasteiger charge is 2.38. The highest BCUT2D eigenvalue weighted by molar-refractivity contribution is 5.94. The van der Waals surface area contributed by atoms with Crippen molar-refractivity contribution in [3.05, 3.63) is 71.8 Å². The molecule has 6 N–H and O–H groups in total. The lowest BCUT2D eigenvalue weighted by Gasteiger charge is -2.40. The molecular formula is C30H42N4O6. The summed E-state index contributed by atoms with van der Waals surface area (Å²) in [6.45, 7) is 6.16. The lowest BCUT2D eigenvalue weighted by molar-refractivity contribution is -0.124. The number of imide groups is 1. The van der Waals surface area contributed by atoms with Gasteiger partial charge in [0.05, 0.1) is 12.1 Å². The fourth-order valence-corrected chi connectivity index (χ4v) is 4.87. The first-order valence-corrected chi connectivity index (χ1v) is 13.6. The van der Waals surface area contributed by atoms with Crippen LogP contribution in [0.3, 0.4) is 0 Å². The van der Waals surface area contributed by atoms with Crippen LogP contribution in [0, 0.1) is 11.8 Å². The van der Waals surface area contributed by atoms with E-state index in [1.165, 1.54) is 0 Å². The predicted octanol–water partition coefficient (Wildman–Crippen LogP) is 3.46. The quantitative estimate of drug-likeness (QED) is 0.128. The minimum absolute atomic E-state index is 0.0518. The summed E-state index contributed by atoms with van der Waals surface area (Å²) in [5.74, 6) is -1.18. The third kappa shape index (κ3) is 11.2. The van der Waals surface area contributed by atoms with Gasteiger partial charge in [-0.25, -0.2) is 9.59 Å². The summed E-state index contributed by atoms with van der Waals surface area (Å²) in [6.07, 6.45) is 0.505. The van der Waals surface area contributed by atoms with Crippen LogP contribution in [0.25, 0.3) is 0 Å². The zero-order chi connectivity index (χ0) is 29.5. The summed E-state index contributed by atoms with van der Waals surface area (Å²) in [5.41, 5.74) is 1.35. The smallest absolute Gasteiger partial charge is 0.411 e. The molecule has 0 radical (unpaired) electrons. The summed E-state index contributed by atoms with van der Waals surface area (Å²) >= 11 is 0. The van der Waals surface area contributed by atoms with E-state index < -0.39 is 35.6 Å². The molecular weight excluding hydrogens is 512 g/mol. The molecule has 3 amide bonds. The van der Waals surface area contributed by atoms with Gasteiger partial charge in [-0.2, -0.15) is 0 Å². The van der Waals surface area contributed by atoms with Crippen molar-refractivity contribution >= 4 is 24.4 Å². The molecule has 0 aromatic heterocycles. The topological polar surface area (TPSA) is 157 Å². The van der Waals surface area contributed by atoms with Crippen molar-refractivity contribution in [2.75, 3.05) is 13.1 Å². The molecule has 1 unspecified atom stereocenters. The van der Waals surface area contributed by atoms with Gasteiger partial charge < -0.3 is 25.6 Å². The Labute approximate surface area is 235 Å². The maximum Gasteiger partial charge on any atom is 0.411 e. The Bertz CT molecular complexity index is 1040. The third-order valence-electron chi connectivity index (χ3n) is 6.97. The van der Waals surface area contributed by atoms with E-state index in [2.05, 4.69) is 16.0 Å². The van der Waals surface area contributed by atoms with Gasteiger partial charge in [-0.05, 0) is 55.2 Å². The minimum atomic E-state index is -1.48. The van der Waals surface area contributed by atoms with Crippen molar-refractivity contribution in [2.24, 2.45) is 11.8 Å². The molecule has 0 aliphatic rings. The standard InChI is InChI=1S/C30H42N4O6/c1-21(2)25(20-35)31-16-10-15-30(17-23-11-6-4-7-12-23,18-24-13-8-5-9-14-24)34-26(27(36)33-29(39)40)22(3)19-32-28(37)38/h4-9,11-14,20-22,25-26,31-32,34H,10,15-19H2,1-3H3,(H,33,36)(H,37,38)(H,39,40)/t22?,25-,26+/m1/s1. The number of carbonyl (C=O) groups is 4. The van der Waals surface area contributed by atoms with Crippen LogP contribution in [-0.4, -0.2) is 65.3 Å². The first-order chi connectivity index (χ1) is 19.0. The van der Waals surface area contributed by atoms with Gasteiger partial charge in [-0.15, -0.1) is 0 Å². The summed E-state index contributed by atoms with van der Waals surface area (Å²) in [5, 5.41) is 29.5. The number of carboxylic acid groups (broad SMARTS) is 2. The molecule has 0 saturated carbocycles. The van der Waals surface area contributed by atoms with E-state index in [0.29, 0.717) is 32.2 Å². The summed E-state index contributed by atoms with van der Waals surface area (Å²) < 4.78 is 0. The first kappa shape index (κ1) is 32.5. The van der Waals surface area contributed by atoms with E-state index in [-0.39, 0.29) is 18.5 Å². The third-order valence-corrected chi connectivity index (χ3v) is 6.97. The van der Waals surface area contributed by atoms with Gasteiger partial charge in [0.15, 0.2) is 0 Å². The van der Waals surface area contributed by atoms with Crippen molar-refractivity contribution < 1.29 is 29.4 Å². The molecule has 0 spiro atoms. The van der Waals surface area contributed by atoms with E-state index in [1.807, 2.05) is 79.8 Å².